The molecule has 0 saturated heterocycles. The summed E-state index contributed by atoms with van der Waals surface area (Å²) in [5, 5.41) is 2.64. The number of rotatable bonds is 5. The van der Waals surface area contributed by atoms with Gasteiger partial charge in [0.15, 0.2) is 0 Å². The van der Waals surface area contributed by atoms with E-state index in [2.05, 4.69) is 12.2 Å². The van der Waals surface area contributed by atoms with Crippen molar-refractivity contribution in [3.05, 3.63) is 0 Å². The molecule has 0 aliphatic carbocycles. The molecule has 1 amide bonds. The number of nitrogens with one attached hydrogen (secondary N) is 1. The number of amides is 1. The van der Waals surface area contributed by atoms with Gasteiger partial charge in [0.05, 0.1) is 0 Å². The van der Waals surface area contributed by atoms with Crippen molar-refractivity contribution >= 4 is 5.91 Å². The van der Waals surface area contributed by atoms with Crippen LogP contribution in [0.2, 0.25) is 0 Å². The molecule has 1 N–H and O–H groups in total. The number of ether oxygens (including phenoxy) is 1. The summed E-state index contributed by atoms with van der Waals surface area (Å²) in [6, 6.07) is 0. The molecule has 3 heteroatoms. The summed E-state index contributed by atoms with van der Waals surface area (Å²) in [6.45, 7) is 6.14. The van der Waals surface area contributed by atoms with E-state index in [0.29, 0.717) is 0 Å². The second-order valence-electron chi connectivity index (χ2n) is 2.57. The lowest BCUT2D eigenvalue weighted by Crippen LogP contribution is -2.32. The first kappa shape index (κ1) is 10.4. The lowest BCUT2D eigenvalue weighted by atomic mass is 10.4. The van der Waals surface area contributed by atoms with Crippen LogP contribution in [0.4, 0.5) is 0 Å². The molecule has 1 unspecified atom stereocenters. The molecule has 0 aliphatic rings. The lowest BCUT2D eigenvalue weighted by Gasteiger charge is -2.12. The van der Waals surface area contributed by atoms with Crippen LogP contribution >= 0.6 is 0 Å². The van der Waals surface area contributed by atoms with Crippen molar-refractivity contribution in [3.63, 3.8) is 0 Å². The monoisotopic (exact) mass is 159 g/mol. The van der Waals surface area contributed by atoms with Crippen molar-refractivity contribution in [1.82, 2.24) is 5.32 Å². The zero-order chi connectivity index (χ0) is 8.69. The van der Waals surface area contributed by atoms with Crippen LogP contribution < -0.4 is 5.32 Å². The van der Waals surface area contributed by atoms with E-state index in [1.165, 1.54) is 6.92 Å². The Morgan fingerprint density at radius 2 is 2.27 bits per heavy atom. The van der Waals surface area contributed by atoms with Crippen LogP contribution in [0.5, 0.6) is 0 Å². The quantitative estimate of drug-likeness (QED) is 0.485. The molecule has 0 bridgehead atoms. The van der Waals surface area contributed by atoms with Gasteiger partial charge >= 0.3 is 0 Å². The molecule has 0 spiro atoms. The van der Waals surface area contributed by atoms with Crippen LogP contribution in [0.15, 0.2) is 0 Å². The topological polar surface area (TPSA) is 38.3 Å². The normalized spacial score (nSPS) is 12.6. The number of carbonyl (C=O) groups excluding carboxylic acids is 1. The lowest BCUT2D eigenvalue weighted by molar-refractivity contribution is -0.122. The van der Waals surface area contributed by atoms with E-state index in [1.807, 2.05) is 6.92 Å². The van der Waals surface area contributed by atoms with Crippen molar-refractivity contribution < 1.29 is 9.53 Å². The molecule has 66 valence electrons. The number of carbonyl (C=O) groups is 1. The average molecular weight is 159 g/mol. The van der Waals surface area contributed by atoms with Gasteiger partial charge < -0.3 is 10.1 Å². The summed E-state index contributed by atoms with van der Waals surface area (Å²) in [5.41, 5.74) is 0. The van der Waals surface area contributed by atoms with Gasteiger partial charge in [0.1, 0.15) is 6.23 Å². The fourth-order valence-corrected chi connectivity index (χ4v) is 0.732. The van der Waals surface area contributed by atoms with Crippen molar-refractivity contribution in [1.29, 1.82) is 0 Å². The maximum Gasteiger partial charge on any atom is 0.218 e. The first-order valence-electron chi connectivity index (χ1n) is 4.05. The highest BCUT2D eigenvalue weighted by molar-refractivity contribution is 5.72. The molecule has 0 aromatic carbocycles. The second-order valence-corrected chi connectivity index (χ2v) is 2.57. The van der Waals surface area contributed by atoms with Crippen LogP contribution in [-0.2, 0) is 9.53 Å². The van der Waals surface area contributed by atoms with Crippen LogP contribution in [-0.4, -0.2) is 18.7 Å². The number of hydrogen-bond donors (Lipinski definition) is 1. The first-order valence-corrected chi connectivity index (χ1v) is 4.05. The number of unbranched alkanes of at least 4 members (excludes halogenated alkanes) is 1. The molecule has 0 rings (SSSR count). The van der Waals surface area contributed by atoms with Crippen LogP contribution in [0.25, 0.3) is 0 Å². The van der Waals surface area contributed by atoms with Crippen LogP contribution in [0.3, 0.4) is 0 Å². The van der Waals surface area contributed by atoms with Gasteiger partial charge in [-0.25, -0.2) is 0 Å². The molecule has 0 fully saturated rings. The molecule has 1 atom stereocenters. The van der Waals surface area contributed by atoms with Gasteiger partial charge in [0.2, 0.25) is 5.91 Å². The van der Waals surface area contributed by atoms with Gasteiger partial charge in [-0.15, -0.1) is 0 Å². The van der Waals surface area contributed by atoms with Gasteiger partial charge in [0.25, 0.3) is 0 Å². The van der Waals surface area contributed by atoms with Crippen molar-refractivity contribution in [2.45, 2.75) is 39.8 Å². The minimum atomic E-state index is -0.154. The Morgan fingerprint density at radius 3 is 2.73 bits per heavy atom. The van der Waals surface area contributed by atoms with E-state index in [0.717, 1.165) is 19.4 Å². The molecule has 11 heavy (non-hydrogen) atoms. The molecule has 0 aromatic rings. The summed E-state index contributed by atoms with van der Waals surface area (Å²) < 4.78 is 5.26. The smallest absolute Gasteiger partial charge is 0.218 e. The molecule has 0 aromatic heterocycles. The highest BCUT2D eigenvalue weighted by Gasteiger charge is 2.00. The molecule has 0 saturated carbocycles. The van der Waals surface area contributed by atoms with E-state index in [9.17, 15) is 4.79 Å². The summed E-state index contributed by atoms with van der Waals surface area (Å²) in [7, 11) is 0. The Hall–Kier alpha value is -0.570. The Kier molecular flexibility index (Phi) is 5.84. The van der Waals surface area contributed by atoms with Crippen LogP contribution in [0.1, 0.15) is 33.6 Å². The fraction of sp³-hybridized carbons (Fsp3) is 0.875. The zero-order valence-electron chi connectivity index (χ0n) is 7.52. The highest BCUT2D eigenvalue weighted by Crippen LogP contribution is 1.91. The third kappa shape index (κ3) is 7.33. The predicted octanol–water partition coefficient (Wildman–Crippen LogP) is 1.29. The Morgan fingerprint density at radius 1 is 1.64 bits per heavy atom. The van der Waals surface area contributed by atoms with Crippen molar-refractivity contribution in [3.8, 4) is 0 Å². The van der Waals surface area contributed by atoms with E-state index in [4.69, 9.17) is 4.74 Å². The molecule has 3 nitrogen and oxygen atoms in total. The minimum absolute atomic E-state index is 0.0472. The highest BCUT2D eigenvalue weighted by atomic mass is 16.5. The van der Waals surface area contributed by atoms with Gasteiger partial charge in [-0.05, 0) is 13.3 Å². The molecule has 0 radical (unpaired) electrons. The Labute approximate surface area is 68.1 Å². The third-order valence-electron chi connectivity index (χ3n) is 1.27. The SMILES string of the molecule is CCCCOC(C)NC(C)=O. The second kappa shape index (κ2) is 6.16. The Bertz CT molecular complexity index is 115. The summed E-state index contributed by atoms with van der Waals surface area (Å²) in [6.07, 6.45) is 2.01. The van der Waals surface area contributed by atoms with E-state index < -0.39 is 0 Å². The van der Waals surface area contributed by atoms with Gasteiger partial charge in [0, 0.05) is 13.5 Å². The van der Waals surface area contributed by atoms with E-state index in [1.54, 1.807) is 0 Å². The molecule has 0 heterocycles. The van der Waals surface area contributed by atoms with Gasteiger partial charge in [-0.2, -0.15) is 0 Å². The first-order chi connectivity index (χ1) is 5.16. The largest absolute Gasteiger partial charge is 0.359 e. The molecular formula is C8H17NO2. The fourth-order valence-electron chi connectivity index (χ4n) is 0.732. The summed E-state index contributed by atoms with van der Waals surface area (Å²) >= 11 is 0. The van der Waals surface area contributed by atoms with Crippen molar-refractivity contribution in [2.75, 3.05) is 6.61 Å². The van der Waals surface area contributed by atoms with E-state index >= 15 is 0 Å². The summed E-state index contributed by atoms with van der Waals surface area (Å²) in [4.78, 5) is 10.5. The standard InChI is InChI=1S/C8H17NO2/c1-4-5-6-11-8(3)9-7(2)10/h8H,4-6H2,1-3H3,(H,9,10). The molecule has 0 aliphatic heterocycles. The maximum absolute atomic E-state index is 10.5. The summed E-state index contributed by atoms with van der Waals surface area (Å²) in [5.74, 6) is -0.0472. The number of hydrogen-bond acceptors (Lipinski definition) is 2. The van der Waals surface area contributed by atoms with Gasteiger partial charge in [-0.1, -0.05) is 13.3 Å². The average Bonchev–Trinajstić information content (AvgIpc) is 1.86. The van der Waals surface area contributed by atoms with Gasteiger partial charge in [-0.3, -0.25) is 4.79 Å². The predicted molar refractivity (Wildman–Crippen MR) is 44.1 cm³/mol. The third-order valence-corrected chi connectivity index (χ3v) is 1.27. The van der Waals surface area contributed by atoms with Crippen molar-refractivity contribution in [2.24, 2.45) is 0 Å². The minimum Gasteiger partial charge on any atom is -0.359 e. The Balaban J connectivity index is 3.22. The van der Waals surface area contributed by atoms with Crippen LogP contribution in [0, 0.1) is 0 Å². The van der Waals surface area contributed by atoms with E-state index in [-0.39, 0.29) is 12.1 Å². The molecular weight excluding hydrogens is 142 g/mol. The maximum atomic E-state index is 10.5. The zero-order valence-corrected chi connectivity index (χ0v) is 7.52.